The van der Waals surface area contributed by atoms with Crippen LogP contribution in [0, 0.1) is 11.3 Å². The number of carbonyl (C=O) groups is 1. The van der Waals surface area contributed by atoms with Gasteiger partial charge in [0.2, 0.25) is 0 Å². The van der Waals surface area contributed by atoms with E-state index in [0.717, 1.165) is 0 Å². The normalized spacial score (nSPS) is 9.80. The number of methoxy groups -OCH3 is 1. The van der Waals surface area contributed by atoms with Gasteiger partial charge in [0.25, 0.3) is 0 Å². The highest BCUT2D eigenvalue weighted by molar-refractivity contribution is 5.85. The Morgan fingerprint density at radius 2 is 2.35 bits per heavy atom. The smallest absolute Gasteiger partial charge is 0.358 e. The van der Waals surface area contributed by atoms with E-state index in [4.69, 9.17) is 19.6 Å². The van der Waals surface area contributed by atoms with Crippen molar-refractivity contribution in [1.82, 2.24) is 5.16 Å². The van der Waals surface area contributed by atoms with Crippen molar-refractivity contribution < 1.29 is 19.2 Å². The van der Waals surface area contributed by atoms with E-state index in [0.29, 0.717) is 22.8 Å². The summed E-state index contributed by atoms with van der Waals surface area (Å²) >= 11 is 0. The summed E-state index contributed by atoms with van der Waals surface area (Å²) in [5.41, 5.74) is 1.01. The summed E-state index contributed by atoms with van der Waals surface area (Å²) in [6.45, 7) is 0.253. The van der Waals surface area contributed by atoms with Crippen molar-refractivity contribution in [1.29, 1.82) is 5.26 Å². The molecular formula is C13H11N3O4. The van der Waals surface area contributed by atoms with E-state index >= 15 is 0 Å². The molecule has 0 radical (unpaired) electrons. The average molecular weight is 273 g/mol. The van der Waals surface area contributed by atoms with Crippen LogP contribution in [0.5, 0.6) is 5.75 Å². The molecule has 0 aliphatic heterocycles. The maximum atomic E-state index is 10.7. The summed E-state index contributed by atoms with van der Waals surface area (Å²) in [5, 5.41) is 24.0. The van der Waals surface area contributed by atoms with Gasteiger partial charge in [-0.05, 0) is 12.1 Å². The van der Waals surface area contributed by atoms with Crippen LogP contribution in [-0.4, -0.2) is 23.3 Å². The molecule has 102 valence electrons. The van der Waals surface area contributed by atoms with Crippen LogP contribution >= 0.6 is 0 Å². The number of nitrogens with one attached hydrogen (secondary N) is 1. The monoisotopic (exact) mass is 273 g/mol. The Kier molecular flexibility index (Phi) is 3.86. The summed E-state index contributed by atoms with van der Waals surface area (Å²) in [7, 11) is 1.50. The van der Waals surface area contributed by atoms with Gasteiger partial charge in [-0.3, -0.25) is 0 Å². The van der Waals surface area contributed by atoms with Gasteiger partial charge >= 0.3 is 5.97 Å². The first-order valence-corrected chi connectivity index (χ1v) is 5.65. The molecule has 7 heteroatoms. The van der Waals surface area contributed by atoms with Crippen LogP contribution in [0.4, 0.5) is 5.69 Å². The van der Waals surface area contributed by atoms with Crippen molar-refractivity contribution in [3.8, 4) is 11.8 Å². The molecular weight excluding hydrogens is 262 g/mol. The van der Waals surface area contributed by atoms with E-state index in [1.165, 1.54) is 13.2 Å². The van der Waals surface area contributed by atoms with E-state index in [2.05, 4.69) is 10.5 Å². The lowest BCUT2D eigenvalue weighted by atomic mass is 10.2. The van der Waals surface area contributed by atoms with E-state index in [9.17, 15) is 4.79 Å². The predicted molar refractivity (Wildman–Crippen MR) is 68.5 cm³/mol. The molecule has 1 aromatic heterocycles. The van der Waals surface area contributed by atoms with E-state index < -0.39 is 5.97 Å². The van der Waals surface area contributed by atoms with Crippen molar-refractivity contribution in [3.05, 3.63) is 41.3 Å². The highest BCUT2D eigenvalue weighted by Gasteiger charge is 2.11. The third-order valence-electron chi connectivity index (χ3n) is 2.56. The fraction of sp³-hybridized carbons (Fsp3) is 0.154. The molecule has 7 nitrogen and oxygen atoms in total. The lowest BCUT2D eigenvalue weighted by Gasteiger charge is -2.09. The standard InChI is InChI=1S/C13H11N3O4/c1-19-12-4-8(6-14)2-3-10(12)15-7-9-5-11(13(17)18)16-20-9/h2-5,15H,7H2,1H3,(H,17,18). The number of benzene rings is 1. The van der Waals surface area contributed by atoms with Crippen molar-refractivity contribution >= 4 is 11.7 Å². The second kappa shape index (κ2) is 5.75. The van der Waals surface area contributed by atoms with Crippen LogP contribution in [-0.2, 0) is 6.54 Å². The number of anilines is 1. The molecule has 0 bridgehead atoms. The van der Waals surface area contributed by atoms with Gasteiger partial charge in [-0.15, -0.1) is 0 Å². The Balaban J connectivity index is 2.10. The van der Waals surface area contributed by atoms with Crippen LogP contribution in [0.25, 0.3) is 0 Å². The number of ether oxygens (including phenoxy) is 1. The number of aromatic nitrogens is 1. The Morgan fingerprint density at radius 1 is 1.55 bits per heavy atom. The molecule has 0 saturated carbocycles. The first kappa shape index (κ1) is 13.4. The van der Waals surface area contributed by atoms with Gasteiger partial charge in [0.1, 0.15) is 5.75 Å². The molecule has 2 aromatic rings. The molecule has 1 aromatic carbocycles. The fourth-order valence-electron chi connectivity index (χ4n) is 1.59. The van der Waals surface area contributed by atoms with Crippen molar-refractivity contribution in [3.63, 3.8) is 0 Å². The van der Waals surface area contributed by atoms with Crippen LogP contribution in [0.2, 0.25) is 0 Å². The van der Waals surface area contributed by atoms with Crippen molar-refractivity contribution in [2.75, 3.05) is 12.4 Å². The highest BCUT2D eigenvalue weighted by atomic mass is 16.5. The number of aromatic carboxylic acids is 1. The minimum absolute atomic E-state index is 0.145. The lowest BCUT2D eigenvalue weighted by molar-refractivity contribution is 0.0685. The maximum Gasteiger partial charge on any atom is 0.358 e. The molecule has 0 fully saturated rings. The fourth-order valence-corrected chi connectivity index (χ4v) is 1.59. The molecule has 1 heterocycles. The molecule has 0 aliphatic rings. The van der Waals surface area contributed by atoms with Crippen LogP contribution in [0.1, 0.15) is 21.8 Å². The van der Waals surface area contributed by atoms with Crippen LogP contribution < -0.4 is 10.1 Å². The minimum atomic E-state index is -1.14. The summed E-state index contributed by atoms with van der Waals surface area (Å²) < 4.78 is 10.0. The number of nitriles is 1. The van der Waals surface area contributed by atoms with E-state index in [-0.39, 0.29) is 12.2 Å². The maximum absolute atomic E-state index is 10.7. The molecule has 2 N–H and O–H groups in total. The molecule has 0 saturated heterocycles. The highest BCUT2D eigenvalue weighted by Crippen LogP contribution is 2.25. The van der Waals surface area contributed by atoms with Gasteiger partial charge in [-0.2, -0.15) is 5.26 Å². The zero-order valence-corrected chi connectivity index (χ0v) is 10.6. The third kappa shape index (κ3) is 2.87. The molecule has 0 atom stereocenters. The number of rotatable bonds is 5. The molecule has 0 unspecified atom stereocenters. The van der Waals surface area contributed by atoms with Crippen LogP contribution in [0.15, 0.2) is 28.8 Å². The number of carboxylic acid groups (broad SMARTS) is 1. The van der Waals surface area contributed by atoms with Gasteiger partial charge < -0.3 is 19.7 Å². The number of nitrogens with zero attached hydrogens (tertiary/aromatic N) is 2. The van der Waals surface area contributed by atoms with Gasteiger partial charge in [0.15, 0.2) is 11.5 Å². The Hall–Kier alpha value is -3.01. The number of hydrogen-bond acceptors (Lipinski definition) is 6. The van der Waals surface area contributed by atoms with Gasteiger partial charge in [-0.1, -0.05) is 5.16 Å². The van der Waals surface area contributed by atoms with Crippen molar-refractivity contribution in [2.45, 2.75) is 6.54 Å². The Labute approximate surface area is 114 Å². The van der Waals surface area contributed by atoms with Gasteiger partial charge in [0, 0.05) is 12.1 Å². The Morgan fingerprint density at radius 3 is 2.95 bits per heavy atom. The molecule has 0 amide bonds. The zero-order chi connectivity index (χ0) is 14.5. The summed E-state index contributed by atoms with van der Waals surface area (Å²) in [6.07, 6.45) is 0. The SMILES string of the molecule is COc1cc(C#N)ccc1NCc1cc(C(=O)O)no1. The third-order valence-corrected chi connectivity index (χ3v) is 2.56. The summed E-state index contributed by atoms with van der Waals surface area (Å²) in [6, 6.07) is 8.31. The van der Waals surface area contributed by atoms with Gasteiger partial charge in [0.05, 0.1) is 31.0 Å². The minimum Gasteiger partial charge on any atom is -0.495 e. The largest absolute Gasteiger partial charge is 0.495 e. The Bertz CT molecular complexity index is 672. The molecule has 20 heavy (non-hydrogen) atoms. The first-order valence-electron chi connectivity index (χ1n) is 5.65. The zero-order valence-electron chi connectivity index (χ0n) is 10.6. The first-order chi connectivity index (χ1) is 9.63. The predicted octanol–water partition coefficient (Wildman–Crippen LogP) is 1.87. The molecule has 2 rings (SSSR count). The molecule has 0 aliphatic carbocycles. The topological polar surface area (TPSA) is 108 Å². The number of carboxylic acids is 1. The van der Waals surface area contributed by atoms with E-state index in [1.54, 1.807) is 18.2 Å². The van der Waals surface area contributed by atoms with Crippen molar-refractivity contribution in [2.24, 2.45) is 0 Å². The average Bonchev–Trinajstić information content (AvgIpc) is 2.94. The molecule has 0 spiro atoms. The van der Waals surface area contributed by atoms with Gasteiger partial charge in [-0.25, -0.2) is 4.79 Å². The lowest BCUT2D eigenvalue weighted by Crippen LogP contribution is -2.01. The van der Waals surface area contributed by atoms with Crippen LogP contribution in [0.3, 0.4) is 0 Å². The number of hydrogen-bond donors (Lipinski definition) is 2. The second-order valence-electron chi connectivity index (χ2n) is 3.86. The second-order valence-corrected chi connectivity index (χ2v) is 3.86. The summed E-state index contributed by atoms with van der Waals surface area (Å²) in [4.78, 5) is 10.7. The van der Waals surface area contributed by atoms with E-state index in [1.807, 2.05) is 6.07 Å². The summed E-state index contributed by atoms with van der Waals surface area (Å²) in [5.74, 6) is -0.244. The quantitative estimate of drug-likeness (QED) is 0.855.